The zero-order chi connectivity index (χ0) is 55.5. The molecule has 0 unspecified atom stereocenters. The molecular formula is C49H69N15O11. The second-order valence-corrected chi connectivity index (χ2v) is 18.7. The number of para-hydroxylation sites is 2. The van der Waals surface area contributed by atoms with Crippen molar-refractivity contribution in [2.75, 3.05) is 13.1 Å². The highest BCUT2D eigenvalue weighted by Gasteiger charge is 2.35. The van der Waals surface area contributed by atoms with Crippen molar-refractivity contribution in [3.63, 3.8) is 0 Å². The van der Waals surface area contributed by atoms with Crippen LogP contribution in [0.4, 0.5) is 0 Å². The normalized spacial score (nSPS) is 14.0. The lowest BCUT2D eigenvalue weighted by Crippen LogP contribution is -2.60. The number of aromatic amines is 2. The number of nitrogens with one attached hydrogen (secondary N) is 9. The van der Waals surface area contributed by atoms with Crippen LogP contribution >= 0.6 is 0 Å². The van der Waals surface area contributed by atoms with E-state index in [-0.39, 0.29) is 44.6 Å². The van der Waals surface area contributed by atoms with Crippen LogP contribution in [0.3, 0.4) is 0 Å². The lowest BCUT2D eigenvalue weighted by molar-refractivity contribution is -0.143. The number of H-pyrrole nitrogens is 2. The third-order valence-electron chi connectivity index (χ3n) is 12.0. The largest absolute Gasteiger partial charge is 0.480 e. The summed E-state index contributed by atoms with van der Waals surface area (Å²) in [6, 6.07) is 4.58. The fraction of sp³-hybridized carbons (Fsp3) is 0.449. The van der Waals surface area contributed by atoms with Gasteiger partial charge in [0.25, 0.3) is 0 Å². The van der Waals surface area contributed by atoms with Gasteiger partial charge in [-0.1, -0.05) is 64.1 Å². The molecule has 26 nitrogen and oxygen atoms in total. The van der Waals surface area contributed by atoms with Gasteiger partial charge in [0.2, 0.25) is 53.2 Å². The van der Waals surface area contributed by atoms with Gasteiger partial charge in [0.15, 0.2) is 5.96 Å². The summed E-state index contributed by atoms with van der Waals surface area (Å²) in [7, 11) is 0. The third-order valence-corrected chi connectivity index (χ3v) is 12.0. The summed E-state index contributed by atoms with van der Waals surface area (Å²) in [6.07, 6.45) is 1.71. The Morgan fingerprint density at radius 3 is 1.53 bits per heavy atom. The molecule has 0 aliphatic carbocycles. The molecule has 0 fully saturated rings. The van der Waals surface area contributed by atoms with Crippen molar-refractivity contribution in [3.8, 4) is 0 Å². The van der Waals surface area contributed by atoms with Crippen molar-refractivity contribution < 1.29 is 53.1 Å². The number of carbonyl (C=O) groups excluding carboxylic acids is 9. The Labute approximate surface area is 431 Å². The molecule has 2 heterocycles. The average Bonchev–Trinajstić information content (AvgIpc) is 3.96. The lowest BCUT2D eigenvalue weighted by Gasteiger charge is -2.27. The summed E-state index contributed by atoms with van der Waals surface area (Å²) < 4.78 is 0. The van der Waals surface area contributed by atoms with Gasteiger partial charge in [-0.25, -0.2) is 4.79 Å². The predicted octanol–water partition coefficient (Wildman–Crippen LogP) is -2.62. The zero-order valence-electron chi connectivity index (χ0n) is 42.2. The Bertz CT molecular complexity index is 2730. The van der Waals surface area contributed by atoms with E-state index in [1.165, 1.54) is 0 Å². The molecule has 7 atom stereocenters. The summed E-state index contributed by atoms with van der Waals surface area (Å²) in [6.45, 7) is 5.78. The Morgan fingerprint density at radius 1 is 0.573 bits per heavy atom. The molecular weight excluding hydrogens is 975 g/mol. The first-order valence-electron chi connectivity index (χ1n) is 24.2. The number of amides is 9. The minimum Gasteiger partial charge on any atom is -0.480 e. The molecule has 4 aromatic rings. The second kappa shape index (κ2) is 28.0. The molecule has 0 aliphatic rings. The van der Waals surface area contributed by atoms with Crippen LogP contribution in [0.15, 0.2) is 65.9 Å². The highest BCUT2D eigenvalue weighted by Crippen LogP contribution is 2.22. The summed E-state index contributed by atoms with van der Waals surface area (Å²) in [4.78, 5) is 143. The van der Waals surface area contributed by atoms with E-state index in [4.69, 9.17) is 28.7 Å². The van der Waals surface area contributed by atoms with Crippen molar-refractivity contribution in [1.82, 2.24) is 47.2 Å². The molecule has 0 saturated carbocycles. The fourth-order valence-corrected chi connectivity index (χ4v) is 8.00. The monoisotopic (exact) mass is 1040 g/mol. The van der Waals surface area contributed by atoms with Gasteiger partial charge in [-0.15, -0.1) is 0 Å². The van der Waals surface area contributed by atoms with Crippen LogP contribution < -0.4 is 65.9 Å². The minimum absolute atomic E-state index is 0.0529. The van der Waals surface area contributed by atoms with Crippen LogP contribution in [0.5, 0.6) is 0 Å². The molecule has 9 amide bonds. The van der Waals surface area contributed by atoms with Crippen molar-refractivity contribution in [2.45, 2.75) is 115 Å². The highest BCUT2D eigenvalue weighted by atomic mass is 16.4. The Kier molecular flexibility index (Phi) is 22.1. The van der Waals surface area contributed by atoms with E-state index in [9.17, 15) is 53.1 Å². The molecule has 0 aliphatic heterocycles. The van der Waals surface area contributed by atoms with E-state index in [0.29, 0.717) is 32.9 Å². The van der Waals surface area contributed by atoms with Gasteiger partial charge in [-0.2, -0.15) is 0 Å². The van der Waals surface area contributed by atoms with Crippen molar-refractivity contribution >= 4 is 86.9 Å². The van der Waals surface area contributed by atoms with Crippen LogP contribution in [-0.4, -0.2) is 136 Å². The number of carboxylic acid groups (broad SMARTS) is 1. The average molecular weight is 1040 g/mol. The number of rotatable bonds is 30. The maximum Gasteiger partial charge on any atom is 0.326 e. The first kappa shape index (κ1) is 59.0. The first-order valence-corrected chi connectivity index (χ1v) is 24.2. The number of fused-ring (bicyclic) bond motifs is 2. The van der Waals surface area contributed by atoms with Gasteiger partial charge in [-0.3, -0.25) is 48.1 Å². The summed E-state index contributed by atoms with van der Waals surface area (Å²) in [5.41, 5.74) is 30.1. The highest BCUT2D eigenvalue weighted by molar-refractivity contribution is 5.98. The van der Waals surface area contributed by atoms with Crippen molar-refractivity contribution in [3.05, 3.63) is 72.1 Å². The number of carboxylic acids is 1. The molecule has 0 bridgehead atoms. The third kappa shape index (κ3) is 18.2. The van der Waals surface area contributed by atoms with Gasteiger partial charge in [-0.05, 0) is 54.4 Å². The maximum absolute atomic E-state index is 14.8. The van der Waals surface area contributed by atoms with Crippen molar-refractivity contribution in [2.24, 2.45) is 45.5 Å². The Hall–Kier alpha value is -8.55. The van der Waals surface area contributed by atoms with E-state index in [0.717, 1.165) is 0 Å². The number of aliphatic imine (C=N–C) groups is 1. The van der Waals surface area contributed by atoms with Crippen LogP contribution in [0.2, 0.25) is 0 Å². The number of nitrogens with two attached hydrogens (primary N) is 5. The zero-order valence-corrected chi connectivity index (χ0v) is 42.2. The number of nitrogens with zero attached hydrogens (tertiary/aromatic N) is 1. The molecule has 2 aromatic carbocycles. The van der Waals surface area contributed by atoms with E-state index in [1.807, 2.05) is 0 Å². The molecule has 406 valence electrons. The van der Waals surface area contributed by atoms with Gasteiger partial charge < -0.3 is 81.0 Å². The number of carbonyl (C=O) groups is 10. The molecule has 20 N–H and O–H groups in total. The number of hydrogen-bond donors (Lipinski definition) is 15. The maximum atomic E-state index is 14.8. The van der Waals surface area contributed by atoms with Crippen LogP contribution in [0, 0.1) is 11.8 Å². The standard InChI is InChI=1S/C49H69N15O11/c1-24(2)40(47(73)64-41(25(3)4)48(74)75)63-39(67)23-58-43(69)34(15-16-37(51)65)60-45(71)35(18-26-21-56-31-12-7-5-10-28(26)31)62-46(72)36(19-27-22-57-32-13-8-6-11-29(27)32)61-44(70)33(14-9-17-55-49(53)54)59-42(68)30(50)20-38(52)66/h5-8,10-13,21-22,24-25,30,33-36,40-41,56-57H,9,14-20,23,50H2,1-4H3,(H2,51,65)(H2,52,66)(H,58,69)(H,59,68)(H,60,71)(H,61,70)(H,62,72)(H,63,67)(H,64,73)(H,74,75)(H4,53,54,55)/t30-,33-,34-,35-,36-,40-,41-/m0/s1. The number of benzene rings is 2. The smallest absolute Gasteiger partial charge is 0.326 e. The summed E-state index contributed by atoms with van der Waals surface area (Å²) >= 11 is 0. The fourth-order valence-electron chi connectivity index (χ4n) is 8.00. The van der Waals surface area contributed by atoms with Gasteiger partial charge >= 0.3 is 5.97 Å². The van der Waals surface area contributed by atoms with Crippen LogP contribution in [-0.2, 0) is 60.8 Å². The minimum atomic E-state index is -1.53. The van der Waals surface area contributed by atoms with Crippen LogP contribution in [0.25, 0.3) is 21.8 Å². The van der Waals surface area contributed by atoms with Gasteiger partial charge in [0.1, 0.15) is 36.3 Å². The quantitative estimate of drug-likeness (QED) is 0.0145. The van der Waals surface area contributed by atoms with Crippen molar-refractivity contribution in [1.29, 1.82) is 0 Å². The van der Waals surface area contributed by atoms with Gasteiger partial charge in [0.05, 0.1) is 19.0 Å². The second-order valence-electron chi connectivity index (χ2n) is 18.7. The Morgan fingerprint density at radius 2 is 1.05 bits per heavy atom. The molecule has 0 radical (unpaired) electrons. The predicted molar refractivity (Wildman–Crippen MR) is 276 cm³/mol. The molecule has 26 heteroatoms. The van der Waals surface area contributed by atoms with Gasteiger partial charge in [0, 0.05) is 60.0 Å². The number of guanidine groups is 1. The van der Waals surface area contributed by atoms with Crippen LogP contribution in [0.1, 0.15) is 70.9 Å². The molecule has 2 aromatic heterocycles. The van der Waals surface area contributed by atoms with E-state index >= 15 is 0 Å². The molecule has 75 heavy (non-hydrogen) atoms. The first-order chi connectivity index (χ1) is 35.4. The molecule has 0 spiro atoms. The number of aromatic nitrogens is 2. The summed E-state index contributed by atoms with van der Waals surface area (Å²) in [5, 5.41) is 28.9. The Balaban J connectivity index is 1.66. The topological polar surface area (TPSA) is 449 Å². The van der Waals surface area contributed by atoms with E-state index < -0.39 is 133 Å². The molecule has 4 rings (SSSR count). The number of aliphatic carboxylic acids is 1. The molecule has 0 saturated heterocycles. The summed E-state index contributed by atoms with van der Waals surface area (Å²) in [5.74, 6) is -10.3. The van der Waals surface area contributed by atoms with E-state index in [1.54, 1.807) is 88.6 Å². The van der Waals surface area contributed by atoms with E-state index in [2.05, 4.69) is 52.2 Å². The number of primary amides is 2. The SMILES string of the molecule is CC(C)[C@H](NC(=O)[C@@H](NC(=O)CNC(=O)[C@H](CCC(N)=O)NC(=O)[C@H](Cc1c[nH]c2ccccc12)NC(=O)[C@H](Cc1c[nH]c2ccccc12)NC(=O)[C@H](CCCN=C(N)N)NC(=O)[C@@H](N)CC(N)=O)C(C)C)C(=O)O. The lowest BCUT2D eigenvalue weighted by atomic mass is 10.00. The number of hydrogen-bond acceptors (Lipinski definition) is 12.